The maximum atomic E-state index is 11.5. The standard InChI is InChI=1S/C15H22N2O2S/c18-15(19)14-13(11-6-2-1-3-7-11)16-12(20-14)10-17-8-4-5-9-17/h11H,1-10H2,(H,18,19). The van der Waals surface area contributed by atoms with Gasteiger partial charge in [0.15, 0.2) is 0 Å². The first-order chi connectivity index (χ1) is 9.74. The van der Waals surface area contributed by atoms with E-state index >= 15 is 0 Å². The van der Waals surface area contributed by atoms with Gasteiger partial charge in [-0.25, -0.2) is 9.78 Å². The molecule has 110 valence electrons. The molecule has 0 unspecified atom stereocenters. The normalized spacial score (nSPS) is 21.4. The Hall–Kier alpha value is -0.940. The minimum atomic E-state index is -0.796. The summed E-state index contributed by atoms with van der Waals surface area (Å²) in [5, 5.41) is 10.4. The van der Waals surface area contributed by atoms with E-state index in [1.807, 2.05) is 0 Å². The first-order valence-electron chi connectivity index (χ1n) is 7.69. The molecule has 1 saturated carbocycles. The SMILES string of the molecule is O=C(O)c1sc(CN2CCCC2)nc1C1CCCCC1. The molecule has 2 aliphatic rings. The van der Waals surface area contributed by atoms with Crippen LogP contribution in [0.5, 0.6) is 0 Å². The van der Waals surface area contributed by atoms with Crippen molar-refractivity contribution in [2.24, 2.45) is 0 Å². The van der Waals surface area contributed by atoms with Crippen molar-refractivity contribution in [3.8, 4) is 0 Å². The van der Waals surface area contributed by atoms with E-state index in [-0.39, 0.29) is 0 Å². The van der Waals surface area contributed by atoms with Crippen molar-refractivity contribution in [3.05, 3.63) is 15.6 Å². The van der Waals surface area contributed by atoms with Crippen molar-refractivity contribution in [1.29, 1.82) is 0 Å². The van der Waals surface area contributed by atoms with E-state index in [0.717, 1.165) is 43.2 Å². The lowest BCUT2D eigenvalue weighted by Crippen LogP contribution is -2.18. The molecule has 2 fully saturated rings. The zero-order valence-corrected chi connectivity index (χ0v) is 12.6. The molecular weight excluding hydrogens is 272 g/mol. The van der Waals surface area contributed by atoms with Crippen LogP contribution in [0.25, 0.3) is 0 Å². The average Bonchev–Trinajstić information content (AvgIpc) is 3.10. The first-order valence-corrected chi connectivity index (χ1v) is 8.51. The molecule has 0 amide bonds. The molecule has 1 N–H and O–H groups in total. The van der Waals surface area contributed by atoms with Crippen LogP contribution >= 0.6 is 11.3 Å². The molecule has 3 rings (SSSR count). The van der Waals surface area contributed by atoms with Crippen molar-refractivity contribution in [3.63, 3.8) is 0 Å². The number of nitrogens with zero attached hydrogens (tertiary/aromatic N) is 2. The molecule has 0 bridgehead atoms. The number of rotatable bonds is 4. The fraction of sp³-hybridized carbons (Fsp3) is 0.733. The Bertz CT molecular complexity index is 474. The van der Waals surface area contributed by atoms with E-state index in [9.17, 15) is 9.90 Å². The predicted molar refractivity (Wildman–Crippen MR) is 79.4 cm³/mol. The Kier molecular flexibility index (Phi) is 4.36. The van der Waals surface area contributed by atoms with Crippen LogP contribution in [-0.4, -0.2) is 34.0 Å². The van der Waals surface area contributed by atoms with Gasteiger partial charge >= 0.3 is 5.97 Å². The third-order valence-corrected chi connectivity index (χ3v) is 5.49. The summed E-state index contributed by atoms with van der Waals surface area (Å²) in [7, 11) is 0. The number of thiazole rings is 1. The van der Waals surface area contributed by atoms with Crippen LogP contribution in [-0.2, 0) is 6.54 Å². The zero-order chi connectivity index (χ0) is 13.9. The van der Waals surface area contributed by atoms with Crippen LogP contribution < -0.4 is 0 Å². The van der Waals surface area contributed by atoms with Gasteiger partial charge in [0.05, 0.1) is 12.2 Å². The van der Waals surface area contributed by atoms with Crippen LogP contribution in [0.1, 0.15) is 71.2 Å². The van der Waals surface area contributed by atoms with Crippen molar-refractivity contribution >= 4 is 17.3 Å². The van der Waals surface area contributed by atoms with Gasteiger partial charge in [-0.2, -0.15) is 0 Å². The highest BCUT2D eigenvalue weighted by Gasteiger charge is 2.26. The number of hydrogen-bond acceptors (Lipinski definition) is 4. The summed E-state index contributed by atoms with van der Waals surface area (Å²) in [6, 6.07) is 0. The third kappa shape index (κ3) is 3.04. The van der Waals surface area contributed by atoms with Crippen molar-refractivity contribution in [1.82, 2.24) is 9.88 Å². The van der Waals surface area contributed by atoms with E-state index in [1.165, 1.54) is 43.4 Å². The summed E-state index contributed by atoms with van der Waals surface area (Å²) in [6.45, 7) is 3.08. The molecule has 0 radical (unpaired) electrons. The maximum absolute atomic E-state index is 11.5. The van der Waals surface area contributed by atoms with Gasteiger partial charge in [0.1, 0.15) is 9.88 Å². The van der Waals surface area contributed by atoms with Crippen LogP contribution in [0, 0.1) is 0 Å². The molecule has 1 aromatic rings. The Morgan fingerprint density at radius 3 is 2.55 bits per heavy atom. The minimum Gasteiger partial charge on any atom is -0.477 e. The van der Waals surface area contributed by atoms with Gasteiger partial charge in [0.2, 0.25) is 0 Å². The second kappa shape index (κ2) is 6.22. The molecule has 5 heteroatoms. The minimum absolute atomic E-state index is 0.374. The molecule has 0 atom stereocenters. The zero-order valence-electron chi connectivity index (χ0n) is 11.8. The van der Waals surface area contributed by atoms with Gasteiger partial charge in [-0.3, -0.25) is 4.90 Å². The molecular formula is C15H22N2O2S. The Morgan fingerprint density at radius 1 is 1.20 bits per heavy atom. The highest BCUT2D eigenvalue weighted by Crippen LogP contribution is 2.36. The smallest absolute Gasteiger partial charge is 0.347 e. The number of hydrogen-bond donors (Lipinski definition) is 1. The quantitative estimate of drug-likeness (QED) is 0.923. The van der Waals surface area contributed by atoms with Gasteiger partial charge in [-0.15, -0.1) is 11.3 Å². The second-order valence-corrected chi connectivity index (χ2v) is 7.03. The number of likely N-dealkylation sites (tertiary alicyclic amines) is 1. The summed E-state index contributed by atoms with van der Waals surface area (Å²) in [5.41, 5.74) is 0.872. The summed E-state index contributed by atoms with van der Waals surface area (Å²) in [6.07, 6.45) is 8.43. The molecule has 1 aliphatic carbocycles. The van der Waals surface area contributed by atoms with Crippen LogP contribution in [0.4, 0.5) is 0 Å². The van der Waals surface area contributed by atoms with Crippen molar-refractivity contribution in [2.75, 3.05) is 13.1 Å². The Labute approximate surface area is 123 Å². The van der Waals surface area contributed by atoms with E-state index in [4.69, 9.17) is 4.98 Å². The monoisotopic (exact) mass is 294 g/mol. The predicted octanol–water partition coefficient (Wildman–Crippen LogP) is 3.48. The van der Waals surface area contributed by atoms with Crippen LogP contribution in [0.3, 0.4) is 0 Å². The molecule has 2 heterocycles. The molecule has 1 saturated heterocycles. The summed E-state index contributed by atoms with van der Waals surface area (Å²) in [5.74, 6) is -0.422. The average molecular weight is 294 g/mol. The highest BCUT2D eigenvalue weighted by atomic mass is 32.1. The van der Waals surface area contributed by atoms with Gasteiger partial charge in [0.25, 0.3) is 0 Å². The fourth-order valence-electron chi connectivity index (χ4n) is 3.38. The van der Waals surface area contributed by atoms with E-state index in [0.29, 0.717) is 10.8 Å². The largest absolute Gasteiger partial charge is 0.477 e. The molecule has 20 heavy (non-hydrogen) atoms. The molecule has 0 aromatic carbocycles. The number of carbonyl (C=O) groups is 1. The summed E-state index contributed by atoms with van der Waals surface area (Å²) < 4.78 is 0. The Morgan fingerprint density at radius 2 is 1.90 bits per heavy atom. The fourth-order valence-corrected chi connectivity index (χ4v) is 4.41. The highest BCUT2D eigenvalue weighted by molar-refractivity contribution is 7.13. The summed E-state index contributed by atoms with van der Waals surface area (Å²) >= 11 is 1.40. The second-order valence-electron chi connectivity index (χ2n) is 5.95. The first kappa shape index (κ1) is 14.0. The maximum Gasteiger partial charge on any atom is 0.347 e. The molecule has 1 aromatic heterocycles. The number of carboxylic acids is 1. The van der Waals surface area contributed by atoms with Crippen molar-refractivity contribution < 1.29 is 9.90 Å². The molecule has 0 spiro atoms. The van der Waals surface area contributed by atoms with Gasteiger partial charge < -0.3 is 5.11 Å². The number of aromatic carboxylic acids is 1. The van der Waals surface area contributed by atoms with E-state index in [2.05, 4.69) is 4.90 Å². The summed E-state index contributed by atoms with van der Waals surface area (Å²) in [4.78, 5) is 19.1. The van der Waals surface area contributed by atoms with Crippen LogP contribution in [0.15, 0.2) is 0 Å². The van der Waals surface area contributed by atoms with E-state index < -0.39 is 5.97 Å². The number of carboxylic acid groups (broad SMARTS) is 1. The number of aromatic nitrogens is 1. The van der Waals surface area contributed by atoms with E-state index in [1.54, 1.807) is 0 Å². The Balaban J connectivity index is 1.79. The lowest BCUT2D eigenvalue weighted by Gasteiger charge is -2.20. The topological polar surface area (TPSA) is 53.4 Å². The lowest BCUT2D eigenvalue weighted by atomic mass is 9.86. The molecule has 1 aliphatic heterocycles. The molecule has 4 nitrogen and oxygen atoms in total. The lowest BCUT2D eigenvalue weighted by molar-refractivity contribution is 0.0700. The van der Waals surface area contributed by atoms with Gasteiger partial charge in [0, 0.05) is 5.92 Å². The van der Waals surface area contributed by atoms with Crippen molar-refractivity contribution in [2.45, 2.75) is 57.4 Å². The van der Waals surface area contributed by atoms with Crippen LogP contribution in [0.2, 0.25) is 0 Å². The van der Waals surface area contributed by atoms with Gasteiger partial charge in [-0.05, 0) is 38.8 Å². The third-order valence-electron chi connectivity index (χ3n) is 4.44. The van der Waals surface area contributed by atoms with Gasteiger partial charge in [-0.1, -0.05) is 19.3 Å².